The fourth-order valence-corrected chi connectivity index (χ4v) is 0.206. The largest absolute Gasteiger partial charge is 0.411 e. The molecule has 0 saturated heterocycles. The van der Waals surface area contributed by atoms with E-state index in [4.69, 9.17) is 11.6 Å². The van der Waals surface area contributed by atoms with Crippen LogP contribution < -0.4 is 0 Å². The van der Waals surface area contributed by atoms with E-state index in [-0.39, 0.29) is 0 Å². The minimum atomic E-state index is 0.643. The van der Waals surface area contributed by atoms with Gasteiger partial charge < -0.3 is 5.21 Å². The van der Waals surface area contributed by atoms with Crippen molar-refractivity contribution in [1.29, 1.82) is 0 Å². The molecule has 7 heavy (non-hydrogen) atoms. The molecule has 0 amide bonds. The zero-order valence-electron chi connectivity index (χ0n) is 3.96. The van der Waals surface area contributed by atoms with Crippen molar-refractivity contribution >= 4 is 6.21 Å². The van der Waals surface area contributed by atoms with Crippen molar-refractivity contribution in [1.82, 2.24) is 0 Å². The van der Waals surface area contributed by atoms with Crippen LogP contribution in [0.1, 0.15) is 12.8 Å². The van der Waals surface area contributed by atoms with Crippen molar-refractivity contribution in [3.05, 3.63) is 0 Å². The molecule has 0 spiro atoms. The highest BCUT2D eigenvalue weighted by Crippen LogP contribution is 1.78. The topological polar surface area (TPSA) is 32.6 Å². The Hall–Kier alpha value is -0.970. The van der Waals surface area contributed by atoms with Gasteiger partial charge in [0.25, 0.3) is 0 Å². The Morgan fingerprint density at radius 3 is 3.00 bits per heavy atom. The van der Waals surface area contributed by atoms with E-state index in [0.29, 0.717) is 12.8 Å². The van der Waals surface area contributed by atoms with Crippen LogP contribution in [-0.2, 0) is 0 Å². The lowest BCUT2D eigenvalue weighted by Gasteiger charge is -1.75. The van der Waals surface area contributed by atoms with Gasteiger partial charge in [0.15, 0.2) is 0 Å². The highest BCUT2D eigenvalue weighted by Gasteiger charge is 1.71. The Morgan fingerprint density at radius 1 is 1.86 bits per heavy atom. The minimum Gasteiger partial charge on any atom is -0.411 e. The average molecular weight is 97.1 g/mol. The van der Waals surface area contributed by atoms with Gasteiger partial charge in [0.1, 0.15) is 0 Å². The first-order valence-corrected chi connectivity index (χ1v) is 2.01. The van der Waals surface area contributed by atoms with E-state index in [1.165, 1.54) is 6.21 Å². The molecule has 0 aliphatic rings. The maximum atomic E-state index is 7.79. The second kappa shape index (κ2) is 5.03. The van der Waals surface area contributed by atoms with E-state index in [2.05, 4.69) is 11.1 Å². The summed E-state index contributed by atoms with van der Waals surface area (Å²) in [7, 11) is 0. The Kier molecular flexibility index (Phi) is 4.33. The van der Waals surface area contributed by atoms with Crippen LogP contribution >= 0.6 is 0 Å². The van der Waals surface area contributed by atoms with Crippen molar-refractivity contribution in [3.63, 3.8) is 0 Å². The Balaban J connectivity index is 2.87. The number of nitrogens with zero attached hydrogens (tertiary/aromatic N) is 1. The van der Waals surface area contributed by atoms with E-state index in [1.54, 1.807) is 0 Å². The van der Waals surface area contributed by atoms with E-state index in [1.807, 2.05) is 0 Å². The zero-order chi connectivity index (χ0) is 5.54. The fraction of sp³-hybridized carbons (Fsp3) is 0.400. The van der Waals surface area contributed by atoms with Crippen molar-refractivity contribution in [2.24, 2.45) is 5.16 Å². The monoisotopic (exact) mass is 97.1 g/mol. The Labute approximate surface area is 42.8 Å². The third-order valence-corrected chi connectivity index (χ3v) is 0.499. The lowest BCUT2D eigenvalue weighted by molar-refractivity contribution is 0.320. The van der Waals surface area contributed by atoms with E-state index < -0.39 is 0 Å². The van der Waals surface area contributed by atoms with Crippen LogP contribution in [0.3, 0.4) is 0 Å². The van der Waals surface area contributed by atoms with Gasteiger partial charge >= 0.3 is 0 Å². The summed E-state index contributed by atoms with van der Waals surface area (Å²) in [6, 6.07) is 0. The molecular weight excluding hydrogens is 90.1 g/mol. The minimum absolute atomic E-state index is 0.643. The number of rotatable bonds is 2. The Morgan fingerprint density at radius 2 is 2.57 bits per heavy atom. The van der Waals surface area contributed by atoms with Gasteiger partial charge in [-0.1, -0.05) is 0 Å². The first-order valence-electron chi connectivity index (χ1n) is 2.01. The lowest BCUT2D eigenvalue weighted by Crippen LogP contribution is -1.70. The fourth-order valence-electron chi connectivity index (χ4n) is 0.206. The van der Waals surface area contributed by atoms with E-state index in [9.17, 15) is 0 Å². The van der Waals surface area contributed by atoms with Crippen LogP contribution in [0.5, 0.6) is 0 Å². The molecule has 0 fully saturated rings. The first-order chi connectivity index (χ1) is 3.41. The van der Waals surface area contributed by atoms with Gasteiger partial charge in [-0.25, -0.2) is 0 Å². The summed E-state index contributed by atoms with van der Waals surface area (Å²) in [6.07, 6.45) is 7.55. The summed E-state index contributed by atoms with van der Waals surface area (Å²) in [5.74, 6) is 2.40. The molecule has 1 N–H and O–H groups in total. The van der Waals surface area contributed by atoms with Crippen LogP contribution in [0.25, 0.3) is 0 Å². The van der Waals surface area contributed by atoms with Crippen molar-refractivity contribution in [2.45, 2.75) is 12.8 Å². The van der Waals surface area contributed by atoms with Crippen LogP contribution in [0.2, 0.25) is 0 Å². The second-order valence-corrected chi connectivity index (χ2v) is 1.04. The van der Waals surface area contributed by atoms with E-state index >= 15 is 0 Å². The lowest BCUT2D eigenvalue weighted by atomic mass is 10.3. The molecule has 2 heteroatoms. The molecule has 0 aromatic carbocycles. The molecule has 0 aromatic rings. The number of oxime groups is 1. The van der Waals surface area contributed by atoms with Gasteiger partial charge in [-0.3, -0.25) is 0 Å². The number of hydrogen-bond donors (Lipinski definition) is 1. The molecule has 0 unspecified atom stereocenters. The van der Waals surface area contributed by atoms with Crippen molar-refractivity contribution in [2.75, 3.05) is 0 Å². The molecular formula is C5H7NO. The molecule has 0 saturated carbocycles. The third-order valence-electron chi connectivity index (χ3n) is 0.499. The average Bonchev–Trinajstić information content (AvgIpc) is 1.69. The molecule has 0 atom stereocenters. The number of unbranched alkanes of at least 4 members (excludes halogenated alkanes) is 1. The molecule has 0 aromatic heterocycles. The van der Waals surface area contributed by atoms with Crippen LogP contribution in [-0.4, -0.2) is 11.4 Å². The molecule has 0 radical (unpaired) electrons. The molecule has 0 aliphatic heterocycles. The van der Waals surface area contributed by atoms with Gasteiger partial charge in [-0.15, -0.1) is 17.5 Å². The smallest absolute Gasteiger partial charge is 0.0445 e. The van der Waals surface area contributed by atoms with Gasteiger partial charge in [0.05, 0.1) is 0 Å². The van der Waals surface area contributed by atoms with Gasteiger partial charge in [0, 0.05) is 12.6 Å². The van der Waals surface area contributed by atoms with Crippen molar-refractivity contribution in [3.8, 4) is 12.3 Å². The number of hydrogen-bond acceptors (Lipinski definition) is 2. The normalized spacial score (nSPS) is 9.00. The second-order valence-electron chi connectivity index (χ2n) is 1.04. The molecule has 0 rings (SSSR count). The predicted molar refractivity (Wildman–Crippen MR) is 28.3 cm³/mol. The van der Waals surface area contributed by atoms with Crippen molar-refractivity contribution < 1.29 is 5.21 Å². The quantitative estimate of drug-likeness (QED) is 0.179. The summed E-state index contributed by atoms with van der Waals surface area (Å²) in [4.78, 5) is 0. The highest BCUT2D eigenvalue weighted by atomic mass is 16.4. The first kappa shape index (κ1) is 6.03. The molecule has 0 heterocycles. The Bertz CT molecular complexity index is 90.7. The van der Waals surface area contributed by atoms with Gasteiger partial charge in [-0.05, 0) is 6.42 Å². The standard InChI is InChI=1S/C5H7NO/c1-2-3-4-5-6-7/h1,5,7H,3-4H2/b6-5+. The third kappa shape index (κ3) is 5.03. The maximum absolute atomic E-state index is 7.79. The summed E-state index contributed by atoms with van der Waals surface area (Å²) < 4.78 is 0. The molecule has 2 nitrogen and oxygen atoms in total. The molecule has 0 aliphatic carbocycles. The van der Waals surface area contributed by atoms with Crippen LogP contribution in [0.4, 0.5) is 0 Å². The van der Waals surface area contributed by atoms with E-state index in [0.717, 1.165) is 0 Å². The number of terminal acetylenes is 1. The van der Waals surface area contributed by atoms with Crippen LogP contribution in [0, 0.1) is 12.3 Å². The molecule has 0 bridgehead atoms. The summed E-state index contributed by atoms with van der Waals surface area (Å²) in [5.41, 5.74) is 0. The maximum Gasteiger partial charge on any atom is 0.0445 e. The van der Waals surface area contributed by atoms with Gasteiger partial charge in [-0.2, -0.15) is 0 Å². The summed E-state index contributed by atoms with van der Waals surface area (Å²) >= 11 is 0. The molecule has 38 valence electrons. The summed E-state index contributed by atoms with van der Waals surface area (Å²) in [6.45, 7) is 0. The van der Waals surface area contributed by atoms with Gasteiger partial charge in [0.2, 0.25) is 0 Å². The summed E-state index contributed by atoms with van der Waals surface area (Å²) in [5, 5.41) is 10.5. The van der Waals surface area contributed by atoms with Crippen LogP contribution in [0.15, 0.2) is 5.16 Å². The highest BCUT2D eigenvalue weighted by molar-refractivity contribution is 5.56. The SMILES string of the molecule is C#CCC/C=N/O. The zero-order valence-corrected chi connectivity index (χ0v) is 3.96. The predicted octanol–water partition coefficient (Wildman–Crippen LogP) is 0.860.